The standard InChI is InChI=1S/C35H32F2N4O2/c36-29-15-11-24(19-30(29)37)20-32(42)38-27-14-16-31-28(21-27)33(35(43)40-31)34(25-7-3-1-4-8-25)39-26-12-9-23(10-13-26)22-41-17-5-2-6-18-41/h1,3-4,7-16,19,21,39H,2,5-6,17-18,20,22H2,(H,38,42)(H,40,43). The lowest BCUT2D eigenvalue weighted by molar-refractivity contribution is -0.115. The van der Waals surface area contributed by atoms with Crippen LogP contribution in [0, 0.1) is 11.6 Å². The number of hydrogen-bond donors (Lipinski definition) is 3. The Balaban J connectivity index is 1.27. The predicted molar refractivity (Wildman–Crippen MR) is 166 cm³/mol. The maximum absolute atomic E-state index is 13.6. The molecule has 2 amide bonds. The number of carbonyl (C=O) groups excluding carboxylic acids is 2. The van der Waals surface area contributed by atoms with Crippen molar-refractivity contribution in [2.45, 2.75) is 32.2 Å². The van der Waals surface area contributed by atoms with E-state index in [0.29, 0.717) is 33.8 Å². The van der Waals surface area contributed by atoms with E-state index in [1.807, 2.05) is 42.5 Å². The summed E-state index contributed by atoms with van der Waals surface area (Å²) in [6, 6.07) is 26.5. The first-order valence-corrected chi connectivity index (χ1v) is 14.5. The second-order valence-corrected chi connectivity index (χ2v) is 11.0. The van der Waals surface area contributed by atoms with E-state index in [9.17, 15) is 18.4 Å². The Morgan fingerprint density at radius 1 is 0.767 bits per heavy atom. The van der Waals surface area contributed by atoms with Gasteiger partial charge in [-0.2, -0.15) is 0 Å². The van der Waals surface area contributed by atoms with Gasteiger partial charge in [-0.3, -0.25) is 14.5 Å². The number of likely N-dealkylation sites (tertiary alicyclic amines) is 1. The summed E-state index contributed by atoms with van der Waals surface area (Å²) in [5.74, 6) is -2.61. The average molecular weight is 579 g/mol. The van der Waals surface area contributed by atoms with Crippen molar-refractivity contribution in [2.24, 2.45) is 0 Å². The van der Waals surface area contributed by atoms with E-state index in [-0.39, 0.29) is 18.2 Å². The molecule has 0 atom stereocenters. The second kappa shape index (κ2) is 12.6. The molecule has 0 saturated carbocycles. The largest absolute Gasteiger partial charge is 0.354 e. The Morgan fingerprint density at radius 3 is 2.23 bits per heavy atom. The highest BCUT2D eigenvalue weighted by Gasteiger charge is 2.29. The number of carbonyl (C=O) groups is 2. The van der Waals surface area contributed by atoms with E-state index >= 15 is 0 Å². The molecule has 2 aliphatic heterocycles. The highest BCUT2D eigenvalue weighted by molar-refractivity contribution is 6.37. The van der Waals surface area contributed by atoms with Crippen LogP contribution in [0.4, 0.5) is 25.8 Å². The minimum absolute atomic E-state index is 0.126. The van der Waals surface area contributed by atoms with E-state index in [4.69, 9.17) is 0 Å². The molecule has 4 aromatic carbocycles. The van der Waals surface area contributed by atoms with Crippen LogP contribution < -0.4 is 16.0 Å². The summed E-state index contributed by atoms with van der Waals surface area (Å²) in [5, 5.41) is 9.25. The van der Waals surface area contributed by atoms with E-state index in [1.165, 1.54) is 30.9 Å². The van der Waals surface area contributed by atoms with Crippen LogP contribution >= 0.6 is 0 Å². The maximum atomic E-state index is 13.6. The van der Waals surface area contributed by atoms with Gasteiger partial charge in [0.2, 0.25) is 5.91 Å². The van der Waals surface area contributed by atoms with Crippen molar-refractivity contribution < 1.29 is 18.4 Å². The summed E-state index contributed by atoms with van der Waals surface area (Å²) in [5.41, 5.74) is 6.14. The van der Waals surface area contributed by atoms with Crippen molar-refractivity contribution in [2.75, 3.05) is 29.0 Å². The molecule has 0 bridgehead atoms. The number of nitrogens with zero attached hydrogens (tertiary/aromatic N) is 1. The predicted octanol–water partition coefficient (Wildman–Crippen LogP) is 7.06. The third kappa shape index (κ3) is 6.65. The first-order valence-electron chi connectivity index (χ1n) is 14.5. The minimum atomic E-state index is -1.00. The molecule has 218 valence electrons. The van der Waals surface area contributed by atoms with Crippen LogP contribution in [0.3, 0.4) is 0 Å². The zero-order valence-corrected chi connectivity index (χ0v) is 23.6. The fourth-order valence-electron chi connectivity index (χ4n) is 5.63. The van der Waals surface area contributed by atoms with Gasteiger partial charge < -0.3 is 16.0 Å². The number of hydrogen-bond acceptors (Lipinski definition) is 4. The summed E-state index contributed by atoms with van der Waals surface area (Å²) < 4.78 is 26.9. The summed E-state index contributed by atoms with van der Waals surface area (Å²) in [4.78, 5) is 28.6. The van der Waals surface area contributed by atoms with Crippen molar-refractivity contribution >= 4 is 40.1 Å². The third-order valence-corrected chi connectivity index (χ3v) is 7.79. The van der Waals surface area contributed by atoms with E-state index in [0.717, 1.165) is 43.0 Å². The Bertz CT molecular complexity index is 1680. The van der Waals surface area contributed by atoms with Crippen LogP contribution in [0.25, 0.3) is 11.3 Å². The van der Waals surface area contributed by atoms with Crippen LogP contribution in [-0.4, -0.2) is 29.8 Å². The number of piperidine rings is 1. The SMILES string of the molecule is O=C(Cc1ccc(F)c(F)c1)Nc1ccc2c(c1)C(=C(Nc1ccc(CN3CCCCC3)cc1)c1ccccc1)C(=O)N2. The summed E-state index contributed by atoms with van der Waals surface area (Å²) >= 11 is 0. The Labute approximate surface area is 249 Å². The van der Waals surface area contributed by atoms with Gasteiger partial charge in [0, 0.05) is 29.2 Å². The molecule has 3 N–H and O–H groups in total. The van der Waals surface area contributed by atoms with Gasteiger partial charge in [0.1, 0.15) is 0 Å². The van der Waals surface area contributed by atoms with Gasteiger partial charge >= 0.3 is 0 Å². The summed E-state index contributed by atoms with van der Waals surface area (Å²) in [7, 11) is 0. The normalized spacial score (nSPS) is 15.9. The number of halogens is 2. The van der Waals surface area contributed by atoms with Crippen LogP contribution in [0.15, 0.2) is 91.0 Å². The minimum Gasteiger partial charge on any atom is -0.354 e. The van der Waals surface area contributed by atoms with E-state index < -0.39 is 11.6 Å². The number of anilines is 3. The molecule has 43 heavy (non-hydrogen) atoms. The molecular formula is C35H32F2N4O2. The molecule has 6 rings (SSSR count). The van der Waals surface area contributed by atoms with Crippen molar-refractivity contribution in [1.82, 2.24) is 4.90 Å². The molecule has 4 aromatic rings. The number of nitrogens with one attached hydrogen (secondary N) is 3. The van der Waals surface area contributed by atoms with Gasteiger partial charge in [0.25, 0.3) is 5.91 Å². The highest BCUT2D eigenvalue weighted by Crippen LogP contribution is 2.39. The molecule has 6 nitrogen and oxygen atoms in total. The first-order chi connectivity index (χ1) is 20.9. The van der Waals surface area contributed by atoms with Gasteiger partial charge in [-0.05, 0) is 85.1 Å². The van der Waals surface area contributed by atoms with Crippen LogP contribution in [-0.2, 0) is 22.6 Å². The lowest BCUT2D eigenvalue weighted by atomic mass is 9.99. The smallest absolute Gasteiger partial charge is 0.258 e. The molecule has 1 saturated heterocycles. The molecule has 2 heterocycles. The molecule has 0 spiro atoms. The first kappa shape index (κ1) is 28.3. The van der Waals surface area contributed by atoms with Crippen molar-refractivity contribution in [3.05, 3.63) is 125 Å². The Kier molecular flexibility index (Phi) is 8.29. The molecule has 0 aliphatic carbocycles. The van der Waals surface area contributed by atoms with Gasteiger partial charge in [-0.15, -0.1) is 0 Å². The fraction of sp³-hybridized carbons (Fsp3) is 0.200. The molecule has 8 heteroatoms. The topological polar surface area (TPSA) is 73.5 Å². The van der Waals surface area contributed by atoms with Gasteiger partial charge in [-0.1, -0.05) is 55.0 Å². The lowest BCUT2D eigenvalue weighted by Crippen LogP contribution is -2.29. The molecule has 0 radical (unpaired) electrons. The van der Waals surface area contributed by atoms with E-state index in [1.54, 1.807) is 18.2 Å². The molecule has 0 aromatic heterocycles. The number of benzene rings is 4. The molecule has 1 fully saturated rings. The van der Waals surface area contributed by atoms with Gasteiger partial charge in [0.05, 0.1) is 17.7 Å². The monoisotopic (exact) mass is 578 g/mol. The summed E-state index contributed by atoms with van der Waals surface area (Å²) in [6.45, 7) is 3.19. The lowest BCUT2D eigenvalue weighted by Gasteiger charge is -2.26. The van der Waals surface area contributed by atoms with Crippen molar-refractivity contribution in [3.8, 4) is 0 Å². The fourth-order valence-corrected chi connectivity index (χ4v) is 5.63. The Morgan fingerprint density at radius 2 is 1.49 bits per heavy atom. The van der Waals surface area contributed by atoms with Crippen molar-refractivity contribution in [3.63, 3.8) is 0 Å². The van der Waals surface area contributed by atoms with Crippen molar-refractivity contribution in [1.29, 1.82) is 0 Å². The third-order valence-electron chi connectivity index (χ3n) is 7.79. The quantitative estimate of drug-likeness (QED) is 0.196. The van der Waals surface area contributed by atoms with Gasteiger partial charge in [0.15, 0.2) is 11.6 Å². The van der Waals surface area contributed by atoms with E-state index in [2.05, 4.69) is 33.0 Å². The zero-order valence-electron chi connectivity index (χ0n) is 23.6. The zero-order chi connectivity index (χ0) is 29.8. The highest BCUT2D eigenvalue weighted by atomic mass is 19.2. The number of fused-ring (bicyclic) bond motifs is 1. The molecular weight excluding hydrogens is 546 g/mol. The summed E-state index contributed by atoms with van der Waals surface area (Å²) in [6.07, 6.45) is 3.67. The maximum Gasteiger partial charge on any atom is 0.258 e. The van der Waals surface area contributed by atoms with Crippen LogP contribution in [0.1, 0.15) is 41.5 Å². The van der Waals surface area contributed by atoms with Gasteiger partial charge in [-0.25, -0.2) is 8.78 Å². The number of amides is 2. The average Bonchev–Trinajstić information content (AvgIpc) is 3.34. The van der Waals surface area contributed by atoms with Crippen LogP contribution in [0.5, 0.6) is 0 Å². The molecule has 0 unspecified atom stereocenters. The number of rotatable bonds is 8. The molecule has 2 aliphatic rings. The Hall–Kier alpha value is -4.82. The second-order valence-electron chi connectivity index (χ2n) is 11.0. The van der Waals surface area contributed by atoms with Crippen LogP contribution in [0.2, 0.25) is 0 Å².